The van der Waals surface area contributed by atoms with Crippen molar-refractivity contribution >= 4 is 44.8 Å². The standard InChI is InChI=1S/C23H22Cl2N2O3S/c1-16-8-6-7-11-19(16)23(17-9-4-3-5-10-17)26-22(28)15-27(31(2,29)30)18-12-13-20(24)21(25)14-18/h3-14,23H,15H2,1-2H3,(H,26,28)/t23-/m1/s1. The minimum atomic E-state index is -3.75. The Kier molecular flexibility index (Phi) is 7.26. The maximum Gasteiger partial charge on any atom is 0.241 e. The minimum Gasteiger partial charge on any atom is -0.344 e. The first-order valence-electron chi connectivity index (χ1n) is 9.49. The molecule has 1 amide bonds. The van der Waals surface area contributed by atoms with Gasteiger partial charge in [0.25, 0.3) is 0 Å². The summed E-state index contributed by atoms with van der Waals surface area (Å²) >= 11 is 12.0. The van der Waals surface area contributed by atoms with Crippen molar-refractivity contribution in [1.29, 1.82) is 0 Å². The Morgan fingerprint density at radius 3 is 2.23 bits per heavy atom. The monoisotopic (exact) mass is 476 g/mol. The van der Waals surface area contributed by atoms with Crippen molar-refractivity contribution < 1.29 is 13.2 Å². The summed E-state index contributed by atoms with van der Waals surface area (Å²) in [6, 6.07) is 21.3. The summed E-state index contributed by atoms with van der Waals surface area (Å²) in [6.45, 7) is 1.57. The fraction of sp³-hybridized carbons (Fsp3) is 0.174. The number of carbonyl (C=O) groups excluding carboxylic acids is 1. The van der Waals surface area contributed by atoms with Crippen LogP contribution in [0, 0.1) is 6.92 Å². The molecule has 1 N–H and O–H groups in total. The summed E-state index contributed by atoms with van der Waals surface area (Å²) in [5.41, 5.74) is 3.10. The number of carbonyl (C=O) groups is 1. The van der Waals surface area contributed by atoms with E-state index >= 15 is 0 Å². The molecule has 3 aromatic carbocycles. The Balaban J connectivity index is 1.92. The van der Waals surface area contributed by atoms with Gasteiger partial charge >= 0.3 is 0 Å². The summed E-state index contributed by atoms with van der Waals surface area (Å²) < 4.78 is 25.8. The predicted molar refractivity (Wildman–Crippen MR) is 126 cm³/mol. The molecular formula is C23H22Cl2N2O3S. The lowest BCUT2D eigenvalue weighted by Crippen LogP contribution is -2.42. The van der Waals surface area contributed by atoms with Gasteiger partial charge in [-0.2, -0.15) is 0 Å². The van der Waals surface area contributed by atoms with Crippen LogP contribution in [0.3, 0.4) is 0 Å². The maximum atomic E-state index is 13.0. The number of anilines is 1. The highest BCUT2D eigenvalue weighted by Gasteiger charge is 2.24. The van der Waals surface area contributed by atoms with E-state index in [1.807, 2.05) is 61.5 Å². The number of hydrogen-bond donors (Lipinski definition) is 1. The Bertz CT molecular complexity index is 1180. The quantitative estimate of drug-likeness (QED) is 0.523. The summed E-state index contributed by atoms with van der Waals surface area (Å²) in [6.07, 6.45) is 1.04. The van der Waals surface area contributed by atoms with E-state index in [2.05, 4.69) is 5.32 Å². The lowest BCUT2D eigenvalue weighted by Gasteiger charge is -2.25. The molecule has 0 aliphatic carbocycles. The van der Waals surface area contributed by atoms with Crippen LogP contribution in [0.4, 0.5) is 5.69 Å². The molecule has 31 heavy (non-hydrogen) atoms. The first-order valence-corrected chi connectivity index (χ1v) is 12.1. The van der Waals surface area contributed by atoms with Crippen LogP contribution in [-0.2, 0) is 14.8 Å². The number of hydrogen-bond acceptors (Lipinski definition) is 3. The van der Waals surface area contributed by atoms with E-state index in [1.54, 1.807) is 0 Å². The van der Waals surface area contributed by atoms with Gasteiger partial charge in [-0.05, 0) is 41.8 Å². The minimum absolute atomic E-state index is 0.204. The van der Waals surface area contributed by atoms with E-state index < -0.39 is 28.5 Å². The molecular weight excluding hydrogens is 455 g/mol. The molecule has 0 bridgehead atoms. The highest BCUT2D eigenvalue weighted by atomic mass is 35.5. The first-order chi connectivity index (χ1) is 14.7. The van der Waals surface area contributed by atoms with Gasteiger partial charge in [0, 0.05) is 0 Å². The van der Waals surface area contributed by atoms with E-state index in [0.717, 1.165) is 27.3 Å². The Morgan fingerprint density at radius 1 is 0.968 bits per heavy atom. The second-order valence-corrected chi connectivity index (χ2v) is 9.86. The van der Waals surface area contributed by atoms with Crippen LogP contribution >= 0.6 is 23.2 Å². The Hall–Kier alpha value is -2.54. The number of amides is 1. The molecule has 8 heteroatoms. The number of nitrogens with one attached hydrogen (secondary N) is 1. The molecule has 162 valence electrons. The van der Waals surface area contributed by atoms with Crippen LogP contribution in [0.15, 0.2) is 72.8 Å². The second-order valence-electron chi connectivity index (χ2n) is 7.14. The number of aryl methyl sites for hydroxylation is 1. The van der Waals surface area contributed by atoms with Crippen LogP contribution < -0.4 is 9.62 Å². The van der Waals surface area contributed by atoms with Crippen molar-refractivity contribution in [3.05, 3.63) is 99.5 Å². The fourth-order valence-electron chi connectivity index (χ4n) is 3.27. The van der Waals surface area contributed by atoms with Gasteiger partial charge in [0.2, 0.25) is 15.9 Å². The molecule has 3 aromatic rings. The SMILES string of the molecule is Cc1ccccc1[C@H](NC(=O)CN(c1ccc(Cl)c(Cl)c1)S(C)(=O)=O)c1ccccc1. The summed E-state index contributed by atoms with van der Waals surface area (Å²) in [7, 11) is -3.75. The number of benzene rings is 3. The molecule has 0 saturated heterocycles. The maximum absolute atomic E-state index is 13.0. The smallest absolute Gasteiger partial charge is 0.241 e. The summed E-state index contributed by atoms with van der Waals surface area (Å²) in [5.74, 6) is -0.450. The zero-order valence-corrected chi connectivity index (χ0v) is 19.4. The zero-order valence-electron chi connectivity index (χ0n) is 17.0. The number of sulfonamides is 1. The van der Waals surface area contributed by atoms with Gasteiger partial charge in [-0.15, -0.1) is 0 Å². The van der Waals surface area contributed by atoms with Gasteiger partial charge in [-0.25, -0.2) is 8.42 Å². The highest BCUT2D eigenvalue weighted by molar-refractivity contribution is 7.92. The van der Waals surface area contributed by atoms with E-state index in [0.29, 0.717) is 5.02 Å². The Labute approximate surface area is 192 Å². The van der Waals surface area contributed by atoms with Crippen LogP contribution in [0.5, 0.6) is 0 Å². The summed E-state index contributed by atoms with van der Waals surface area (Å²) in [4.78, 5) is 13.0. The largest absolute Gasteiger partial charge is 0.344 e. The van der Waals surface area contributed by atoms with Gasteiger partial charge in [-0.1, -0.05) is 77.8 Å². The van der Waals surface area contributed by atoms with E-state index in [1.165, 1.54) is 18.2 Å². The van der Waals surface area contributed by atoms with E-state index in [-0.39, 0.29) is 10.7 Å². The van der Waals surface area contributed by atoms with Gasteiger partial charge in [0.1, 0.15) is 6.54 Å². The van der Waals surface area contributed by atoms with E-state index in [9.17, 15) is 13.2 Å². The molecule has 0 spiro atoms. The molecule has 3 rings (SSSR count). The topological polar surface area (TPSA) is 66.5 Å². The second kappa shape index (κ2) is 9.73. The number of halogens is 2. The van der Waals surface area contributed by atoms with Crippen molar-refractivity contribution in [1.82, 2.24) is 5.32 Å². The van der Waals surface area contributed by atoms with Crippen molar-refractivity contribution in [3.63, 3.8) is 0 Å². The molecule has 0 radical (unpaired) electrons. The van der Waals surface area contributed by atoms with Gasteiger partial charge in [0.05, 0.1) is 28.0 Å². The molecule has 0 aromatic heterocycles. The molecule has 0 saturated carbocycles. The third-order valence-corrected chi connectivity index (χ3v) is 6.70. The predicted octanol–water partition coefficient (Wildman–Crippen LogP) is 4.97. The van der Waals surface area contributed by atoms with E-state index in [4.69, 9.17) is 23.2 Å². The lowest BCUT2D eigenvalue weighted by molar-refractivity contribution is -0.120. The van der Waals surface area contributed by atoms with Crippen molar-refractivity contribution in [2.75, 3.05) is 17.1 Å². The van der Waals surface area contributed by atoms with Crippen molar-refractivity contribution in [2.45, 2.75) is 13.0 Å². The molecule has 0 aliphatic rings. The summed E-state index contributed by atoms with van der Waals surface area (Å²) in [5, 5.41) is 3.49. The first kappa shape index (κ1) is 23.1. The van der Waals surface area contributed by atoms with Crippen LogP contribution in [0.25, 0.3) is 0 Å². The average Bonchev–Trinajstić information content (AvgIpc) is 2.73. The molecule has 0 fully saturated rings. The third-order valence-electron chi connectivity index (χ3n) is 4.82. The van der Waals surface area contributed by atoms with Crippen LogP contribution in [-0.4, -0.2) is 27.1 Å². The third kappa shape index (κ3) is 5.79. The van der Waals surface area contributed by atoms with Gasteiger partial charge < -0.3 is 5.32 Å². The van der Waals surface area contributed by atoms with Crippen molar-refractivity contribution in [2.24, 2.45) is 0 Å². The van der Waals surface area contributed by atoms with Gasteiger partial charge in [-0.3, -0.25) is 9.10 Å². The average molecular weight is 477 g/mol. The fourth-order valence-corrected chi connectivity index (χ4v) is 4.41. The highest BCUT2D eigenvalue weighted by Crippen LogP contribution is 2.29. The number of rotatable bonds is 7. The lowest BCUT2D eigenvalue weighted by atomic mass is 9.95. The molecule has 0 aliphatic heterocycles. The van der Waals surface area contributed by atoms with Gasteiger partial charge in [0.15, 0.2) is 0 Å². The molecule has 1 atom stereocenters. The van der Waals surface area contributed by atoms with Crippen molar-refractivity contribution in [3.8, 4) is 0 Å². The van der Waals surface area contributed by atoms with Crippen LogP contribution in [0.1, 0.15) is 22.7 Å². The Morgan fingerprint density at radius 2 is 1.61 bits per heavy atom. The molecule has 5 nitrogen and oxygen atoms in total. The normalized spacial score (nSPS) is 12.3. The molecule has 0 unspecified atom stereocenters. The van der Waals surface area contributed by atoms with Crippen LogP contribution in [0.2, 0.25) is 10.0 Å². The number of nitrogens with zero attached hydrogens (tertiary/aromatic N) is 1. The molecule has 0 heterocycles. The zero-order chi connectivity index (χ0) is 22.6.